The van der Waals surface area contributed by atoms with Crippen molar-refractivity contribution in [2.45, 2.75) is 29.9 Å². The van der Waals surface area contributed by atoms with Crippen molar-refractivity contribution in [2.75, 3.05) is 0 Å². The van der Waals surface area contributed by atoms with E-state index in [0.717, 1.165) is 0 Å². The lowest BCUT2D eigenvalue weighted by Gasteiger charge is -2.29. The van der Waals surface area contributed by atoms with Crippen molar-refractivity contribution in [3.8, 4) is 0 Å². The van der Waals surface area contributed by atoms with E-state index in [4.69, 9.17) is 11.6 Å². The molecular weight excluding hydrogens is 277 g/mol. The summed E-state index contributed by atoms with van der Waals surface area (Å²) < 4.78 is 92.3. The second-order valence-corrected chi connectivity index (χ2v) is 4.31. The van der Waals surface area contributed by atoms with Crippen LogP contribution in [0.4, 0.5) is 30.7 Å². The van der Waals surface area contributed by atoms with Gasteiger partial charge in [0.1, 0.15) is 0 Å². The van der Waals surface area contributed by atoms with Gasteiger partial charge in [-0.25, -0.2) is 4.39 Å². The van der Waals surface area contributed by atoms with Crippen molar-refractivity contribution in [3.63, 3.8) is 0 Å². The molecule has 0 bridgehead atoms. The van der Waals surface area contributed by atoms with Gasteiger partial charge in [0.2, 0.25) is 5.67 Å². The van der Waals surface area contributed by atoms with Gasteiger partial charge < -0.3 is 0 Å². The first kappa shape index (κ1) is 12.7. The predicted octanol–water partition coefficient (Wildman–Crippen LogP) is 4.07. The van der Waals surface area contributed by atoms with Gasteiger partial charge in [0, 0.05) is 11.5 Å². The average Bonchev–Trinajstić information content (AvgIpc) is 2.26. The predicted molar refractivity (Wildman–Crippen MR) is 45.3 cm³/mol. The van der Waals surface area contributed by atoms with Gasteiger partial charge in [-0.1, -0.05) is 17.7 Å². The van der Waals surface area contributed by atoms with Crippen LogP contribution < -0.4 is 0 Å². The van der Waals surface area contributed by atoms with E-state index in [1.54, 1.807) is 0 Å². The molecule has 0 N–H and O–H groups in total. The van der Waals surface area contributed by atoms with Crippen molar-refractivity contribution in [1.29, 1.82) is 0 Å². The summed E-state index contributed by atoms with van der Waals surface area (Å²) in [5, 5.41) is -0.471. The third-order valence-corrected chi connectivity index (χ3v) is 3.18. The first-order valence-electron chi connectivity index (χ1n) is 4.39. The van der Waals surface area contributed by atoms with Crippen molar-refractivity contribution >= 4 is 11.6 Å². The highest BCUT2D eigenvalue weighted by molar-refractivity contribution is 6.31. The molecule has 1 saturated carbocycles. The first-order valence-corrected chi connectivity index (χ1v) is 4.77. The van der Waals surface area contributed by atoms with Crippen LogP contribution in [0.25, 0.3) is 0 Å². The van der Waals surface area contributed by atoms with Crippen molar-refractivity contribution < 1.29 is 30.7 Å². The van der Waals surface area contributed by atoms with Crippen LogP contribution in [0.3, 0.4) is 0 Å². The van der Waals surface area contributed by atoms with Gasteiger partial charge in [-0.15, -0.1) is 0 Å². The van der Waals surface area contributed by atoms with Crippen LogP contribution in [0.1, 0.15) is 6.42 Å². The molecule has 0 radical (unpaired) electrons. The molecule has 0 nitrogen and oxygen atoms in total. The maximum atomic E-state index is 13.8. The molecule has 0 heterocycles. The number of alkyl halides is 7. The Bertz CT molecular complexity index is 437. The van der Waals surface area contributed by atoms with Crippen molar-refractivity contribution in [1.82, 2.24) is 0 Å². The summed E-state index contributed by atoms with van der Waals surface area (Å²) in [6, 6.07) is 0. The highest BCUT2D eigenvalue weighted by Crippen LogP contribution is 2.67. The summed E-state index contributed by atoms with van der Waals surface area (Å²) in [7, 11) is 0. The fourth-order valence-electron chi connectivity index (χ4n) is 1.91. The Balaban J connectivity index is 2.72. The monoisotopic (exact) mass is 280 g/mol. The summed E-state index contributed by atoms with van der Waals surface area (Å²) in [6.45, 7) is 0. The average molecular weight is 281 g/mol. The molecule has 17 heavy (non-hydrogen) atoms. The molecule has 0 aliphatic heterocycles. The molecule has 96 valence electrons. The molecule has 8 heteroatoms. The van der Waals surface area contributed by atoms with E-state index in [1.807, 2.05) is 0 Å². The summed E-state index contributed by atoms with van der Waals surface area (Å²) in [5.74, 6) is -16.5. The highest BCUT2D eigenvalue weighted by atomic mass is 35.5. The lowest BCUT2D eigenvalue weighted by atomic mass is 9.88. The van der Waals surface area contributed by atoms with Crippen LogP contribution in [0.5, 0.6) is 0 Å². The summed E-state index contributed by atoms with van der Waals surface area (Å²) in [5.41, 5.74) is -6.06. The molecule has 2 rings (SSSR count). The molecule has 0 spiro atoms. The Morgan fingerprint density at radius 2 is 1.47 bits per heavy atom. The fraction of sp³-hybridized carbons (Fsp3) is 0.556. The van der Waals surface area contributed by atoms with E-state index in [0.29, 0.717) is 6.08 Å². The third kappa shape index (κ3) is 1.16. The smallest absolute Gasteiger partial charge is 0.231 e. The Morgan fingerprint density at radius 3 is 2.00 bits per heavy atom. The Hall–Kier alpha value is -0.720. The quantitative estimate of drug-likeness (QED) is 0.587. The zero-order valence-electron chi connectivity index (χ0n) is 7.89. The zero-order chi connectivity index (χ0) is 13.3. The van der Waals surface area contributed by atoms with Crippen LogP contribution in [-0.4, -0.2) is 23.4 Å². The number of rotatable bonds is 0. The normalized spacial score (nSPS) is 37.2. The largest absolute Gasteiger partial charge is 0.379 e. The molecule has 2 aliphatic rings. The topological polar surface area (TPSA) is 0 Å². The van der Waals surface area contributed by atoms with E-state index in [1.165, 1.54) is 0 Å². The van der Waals surface area contributed by atoms with E-state index < -0.39 is 40.5 Å². The molecule has 2 aliphatic carbocycles. The summed E-state index contributed by atoms with van der Waals surface area (Å²) in [6.07, 6.45) is -0.508. The van der Waals surface area contributed by atoms with Gasteiger partial charge in [-0.3, -0.25) is 0 Å². The fourth-order valence-corrected chi connectivity index (χ4v) is 2.10. The van der Waals surface area contributed by atoms with E-state index in [9.17, 15) is 30.7 Å². The maximum Gasteiger partial charge on any atom is 0.379 e. The number of fused-ring (bicyclic) bond motifs is 1. The molecule has 0 aromatic rings. The molecular formula is C9H4ClF7. The first-order chi connectivity index (χ1) is 7.48. The minimum absolute atomic E-state index is 0.139. The second kappa shape index (κ2) is 2.99. The molecule has 0 amide bonds. The molecule has 1 fully saturated rings. The van der Waals surface area contributed by atoms with E-state index in [-0.39, 0.29) is 6.08 Å². The standard InChI is InChI=1S/C9H4ClF7/c10-4-1-2-6(11)5(3-4)7(12,13)9(16,17)8(6,14)15/h1,3H,2H2. The number of halogens is 8. The lowest BCUT2D eigenvalue weighted by molar-refractivity contribution is -0.286. The van der Waals surface area contributed by atoms with E-state index >= 15 is 0 Å². The van der Waals surface area contributed by atoms with Crippen LogP contribution in [0.15, 0.2) is 22.8 Å². The van der Waals surface area contributed by atoms with Crippen molar-refractivity contribution in [2.24, 2.45) is 0 Å². The minimum atomic E-state index is -5.78. The maximum absolute atomic E-state index is 13.8. The van der Waals surface area contributed by atoms with Crippen LogP contribution in [0, 0.1) is 0 Å². The Kier molecular flexibility index (Phi) is 2.24. The zero-order valence-corrected chi connectivity index (χ0v) is 8.64. The SMILES string of the molecule is FC1(F)C2=CC(Cl)=CCC2(F)C(F)(F)C1(F)F. The van der Waals surface area contributed by atoms with Gasteiger partial charge in [0.15, 0.2) is 0 Å². The van der Waals surface area contributed by atoms with Crippen LogP contribution in [-0.2, 0) is 0 Å². The van der Waals surface area contributed by atoms with Gasteiger partial charge in [0.05, 0.1) is 5.57 Å². The third-order valence-electron chi connectivity index (χ3n) is 2.91. The molecule has 1 atom stereocenters. The number of allylic oxidation sites excluding steroid dienone is 4. The highest BCUT2D eigenvalue weighted by Gasteiger charge is 2.89. The second-order valence-electron chi connectivity index (χ2n) is 3.88. The number of hydrogen-bond donors (Lipinski definition) is 0. The minimum Gasteiger partial charge on any atom is -0.231 e. The molecule has 0 aromatic heterocycles. The van der Waals surface area contributed by atoms with Gasteiger partial charge >= 0.3 is 17.8 Å². The van der Waals surface area contributed by atoms with Gasteiger partial charge in [-0.2, -0.15) is 26.3 Å². The van der Waals surface area contributed by atoms with Gasteiger partial charge in [-0.05, 0) is 6.08 Å². The van der Waals surface area contributed by atoms with Crippen molar-refractivity contribution in [3.05, 3.63) is 22.8 Å². The summed E-state index contributed by atoms with van der Waals surface area (Å²) >= 11 is 5.25. The molecule has 0 aromatic carbocycles. The molecule has 0 saturated heterocycles. The lowest BCUT2D eigenvalue weighted by Crippen LogP contribution is -2.52. The molecule has 1 unspecified atom stereocenters. The van der Waals surface area contributed by atoms with E-state index in [2.05, 4.69) is 0 Å². The van der Waals surface area contributed by atoms with Gasteiger partial charge in [0.25, 0.3) is 0 Å². The van der Waals surface area contributed by atoms with Crippen LogP contribution in [0.2, 0.25) is 0 Å². The number of hydrogen-bond acceptors (Lipinski definition) is 0. The summed E-state index contributed by atoms with van der Waals surface area (Å²) in [4.78, 5) is 0. The Labute approximate surface area is 95.7 Å². The van der Waals surface area contributed by atoms with Crippen LogP contribution >= 0.6 is 11.6 Å². The Morgan fingerprint density at radius 1 is 0.941 bits per heavy atom.